The van der Waals surface area contributed by atoms with Crippen molar-refractivity contribution in [3.05, 3.63) is 54.9 Å². The average molecular weight is 333 g/mol. The zero-order valence-electron chi connectivity index (χ0n) is 13.5. The quantitative estimate of drug-likeness (QED) is 0.546. The first-order valence-corrected chi connectivity index (χ1v) is 7.62. The van der Waals surface area contributed by atoms with Crippen LogP contribution in [0.2, 0.25) is 0 Å². The number of rotatable bonds is 5. The van der Waals surface area contributed by atoms with E-state index >= 15 is 0 Å². The monoisotopic (exact) mass is 333 g/mol. The van der Waals surface area contributed by atoms with Gasteiger partial charge in [-0.3, -0.25) is 4.68 Å². The summed E-state index contributed by atoms with van der Waals surface area (Å²) in [7, 11) is 1.84. The van der Waals surface area contributed by atoms with Crippen molar-refractivity contribution < 1.29 is 0 Å². The molecule has 0 radical (unpaired) electrons. The van der Waals surface area contributed by atoms with Gasteiger partial charge < -0.3 is 9.72 Å². The minimum atomic E-state index is 0.247. The highest BCUT2D eigenvalue weighted by molar-refractivity contribution is 5.63. The topological polar surface area (TPSA) is 109 Å². The summed E-state index contributed by atoms with van der Waals surface area (Å²) in [5.74, 6) is 0.707. The zero-order valence-corrected chi connectivity index (χ0v) is 13.5. The molecule has 4 aromatic heterocycles. The lowest BCUT2D eigenvalue weighted by Gasteiger charge is -2.09. The molecule has 0 amide bonds. The van der Waals surface area contributed by atoms with E-state index in [0.29, 0.717) is 18.1 Å². The van der Waals surface area contributed by atoms with Gasteiger partial charge in [-0.1, -0.05) is 6.07 Å². The number of hydrogen-bond donors (Lipinski definition) is 2. The molecule has 0 saturated carbocycles. The van der Waals surface area contributed by atoms with Crippen LogP contribution in [-0.2, 0) is 13.6 Å². The normalized spacial score (nSPS) is 10.9. The van der Waals surface area contributed by atoms with Gasteiger partial charge in [-0.2, -0.15) is 5.10 Å². The van der Waals surface area contributed by atoms with E-state index in [1.807, 2.05) is 42.2 Å². The van der Waals surface area contributed by atoms with Crippen LogP contribution in [0.4, 0.5) is 11.6 Å². The Kier molecular flexibility index (Phi) is 3.65. The highest BCUT2D eigenvalue weighted by Crippen LogP contribution is 2.24. The molecule has 0 atom stereocenters. The first-order valence-electron chi connectivity index (χ1n) is 7.62. The number of pyridine rings is 1. The predicted molar refractivity (Wildman–Crippen MR) is 91.6 cm³/mol. The van der Waals surface area contributed by atoms with E-state index in [9.17, 15) is 0 Å². The molecular formula is C16H15N9. The second-order valence-electron chi connectivity index (χ2n) is 5.53. The highest BCUT2D eigenvalue weighted by atomic mass is 15.2. The number of aromatic nitrogens is 6. The molecule has 0 bridgehead atoms. The third-order valence-electron chi connectivity index (χ3n) is 3.77. The molecule has 4 heterocycles. The van der Waals surface area contributed by atoms with Gasteiger partial charge >= 0.3 is 0 Å². The number of imidazole rings is 1. The fourth-order valence-electron chi connectivity index (χ4n) is 2.53. The number of nitrogens with zero attached hydrogens (tertiary/aromatic N) is 7. The third kappa shape index (κ3) is 2.94. The van der Waals surface area contributed by atoms with Crippen LogP contribution in [0.1, 0.15) is 5.56 Å². The number of hydrogen-bond acceptors (Lipinski definition) is 7. The smallest absolute Gasteiger partial charge is 0.216 e. The van der Waals surface area contributed by atoms with Gasteiger partial charge in [-0.05, 0) is 11.6 Å². The maximum absolute atomic E-state index is 7.29. The predicted octanol–water partition coefficient (Wildman–Crippen LogP) is 2.80. The van der Waals surface area contributed by atoms with Crippen molar-refractivity contribution in [2.45, 2.75) is 6.54 Å². The van der Waals surface area contributed by atoms with Gasteiger partial charge in [-0.25, -0.2) is 20.5 Å². The fraction of sp³-hybridized carbons (Fsp3) is 0.125. The minimum absolute atomic E-state index is 0.247. The highest BCUT2D eigenvalue weighted by Gasteiger charge is 2.10. The number of nitrogens with one attached hydrogen (secondary N) is 2. The van der Waals surface area contributed by atoms with E-state index in [1.165, 1.54) is 0 Å². The maximum Gasteiger partial charge on any atom is 0.216 e. The van der Waals surface area contributed by atoms with Crippen LogP contribution in [0.5, 0.6) is 0 Å². The number of fused-ring (bicyclic) bond motifs is 1. The Hall–Kier alpha value is -3.62. The summed E-state index contributed by atoms with van der Waals surface area (Å²) in [6.45, 7) is 0.530. The van der Waals surface area contributed by atoms with E-state index in [1.54, 1.807) is 23.3 Å². The molecule has 0 aliphatic carbocycles. The molecule has 0 saturated heterocycles. The number of aryl methyl sites for hydroxylation is 1. The van der Waals surface area contributed by atoms with Gasteiger partial charge in [0.15, 0.2) is 5.82 Å². The lowest BCUT2D eigenvalue weighted by atomic mass is 10.2. The van der Waals surface area contributed by atoms with Crippen LogP contribution in [0.25, 0.3) is 16.9 Å². The summed E-state index contributed by atoms with van der Waals surface area (Å²) in [6, 6.07) is 3.94. The molecule has 0 aliphatic heterocycles. The summed E-state index contributed by atoms with van der Waals surface area (Å²) in [4.78, 5) is 13.0. The lowest BCUT2D eigenvalue weighted by Crippen LogP contribution is -2.04. The van der Waals surface area contributed by atoms with Crippen LogP contribution < -0.4 is 5.32 Å². The molecule has 0 spiro atoms. The van der Waals surface area contributed by atoms with Crippen molar-refractivity contribution in [1.82, 2.24) is 29.1 Å². The largest absolute Gasteiger partial charge is 0.363 e. The average Bonchev–Trinajstić information content (AvgIpc) is 3.28. The molecule has 9 heteroatoms. The maximum atomic E-state index is 7.29. The Morgan fingerprint density at radius 1 is 1.20 bits per heavy atom. The second kappa shape index (κ2) is 6.11. The van der Waals surface area contributed by atoms with Crippen LogP contribution in [0, 0.1) is 5.53 Å². The Bertz CT molecular complexity index is 1050. The molecule has 0 aromatic carbocycles. The molecule has 25 heavy (non-hydrogen) atoms. The Balaban J connectivity index is 1.60. The number of anilines is 1. The molecule has 4 rings (SSSR count). The zero-order chi connectivity index (χ0) is 17.2. The van der Waals surface area contributed by atoms with Gasteiger partial charge in [0, 0.05) is 43.9 Å². The molecule has 0 fully saturated rings. The summed E-state index contributed by atoms with van der Waals surface area (Å²) in [5.41, 5.74) is 10.8. The summed E-state index contributed by atoms with van der Waals surface area (Å²) in [6.07, 6.45) is 10.8. The summed E-state index contributed by atoms with van der Waals surface area (Å²) >= 11 is 0. The SMILES string of the molecule is Cn1cc(-c2cnc(N=N)c(NCc3ccc4nccn4c3)n2)cn1. The van der Waals surface area contributed by atoms with Crippen molar-refractivity contribution >= 4 is 17.3 Å². The van der Waals surface area contributed by atoms with E-state index in [2.05, 4.69) is 30.5 Å². The van der Waals surface area contributed by atoms with Gasteiger partial charge in [0.2, 0.25) is 5.82 Å². The summed E-state index contributed by atoms with van der Waals surface area (Å²) in [5, 5.41) is 10.8. The molecule has 0 aliphatic rings. The third-order valence-corrected chi connectivity index (χ3v) is 3.77. The van der Waals surface area contributed by atoms with Crippen LogP contribution in [0.15, 0.2) is 54.4 Å². The van der Waals surface area contributed by atoms with Gasteiger partial charge in [0.05, 0.1) is 18.1 Å². The fourth-order valence-corrected chi connectivity index (χ4v) is 2.53. The first kappa shape index (κ1) is 14.9. The Labute approximate surface area is 142 Å². The van der Waals surface area contributed by atoms with Crippen LogP contribution in [-0.4, -0.2) is 29.1 Å². The van der Waals surface area contributed by atoms with Crippen molar-refractivity contribution in [2.24, 2.45) is 12.2 Å². The van der Waals surface area contributed by atoms with E-state index in [4.69, 9.17) is 5.53 Å². The van der Waals surface area contributed by atoms with Gasteiger partial charge in [-0.15, -0.1) is 5.11 Å². The van der Waals surface area contributed by atoms with Gasteiger partial charge in [0.1, 0.15) is 5.65 Å². The van der Waals surface area contributed by atoms with Gasteiger partial charge in [0.25, 0.3) is 0 Å². The summed E-state index contributed by atoms with van der Waals surface area (Å²) < 4.78 is 3.65. The van der Waals surface area contributed by atoms with Crippen LogP contribution >= 0.6 is 0 Å². The van der Waals surface area contributed by atoms with Crippen LogP contribution in [0.3, 0.4) is 0 Å². The first-order chi connectivity index (χ1) is 12.2. The Morgan fingerprint density at radius 3 is 2.92 bits per heavy atom. The van der Waals surface area contributed by atoms with E-state index < -0.39 is 0 Å². The molecule has 2 N–H and O–H groups in total. The standard InChI is InChI=1S/C16H15N9/c1-24-10-12(7-21-24)13-8-20-16(23-17)15(22-13)19-6-11-2-3-14-18-4-5-25(14)9-11/h2-5,7-10,17H,6H2,1H3,(H,19,22). The molecular weight excluding hydrogens is 318 g/mol. The lowest BCUT2D eigenvalue weighted by molar-refractivity contribution is 0.768. The van der Waals surface area contributed by atoms with Crippen molar-refractivity contribution in [2.75, 3.05) is 5.32 Å². The van der Waals surface area contributed by atoms with E-state index in [-0.39, 0.29) is 5.82 Å². The Morgan fingerprint density at radius 2 is 2.12 bits per heavy atom. The minimum Gasteiger partial charge on any atom is -0.363 e. The molecule has 9 nitrogen and oxygen atoms in total. The van der Waals surface area contributed by atoms with Crippen molar-refractivity contribution in [1.29, 1.82) is 5.53 Å². The van der Waals surface area contributed by atoms with E-state index in [0.717, 1.165) is 16.8 Å². The molecule has 4 aromatic rings. The molecule has 124 valence electrons. The second-order valence-corrected chi connectivity index (χ2v) is 5.53. The van der Waals surface area contributed by atoms with Crippen molar-refractivity contribution in [3.63, 3.8) is 0 Å². The van der Waals surface area contributed by atoms with Crippen molar-refractivity contribution in [3.8, 4) is 11.3 Å². The molecule has 0 unspecified atom stereocenters.